The summed E-state index contributed by atoms with van der Waals surface area (Å²) in [6, 6.07) is 5.48. The van der Waals surface area contributed by atoms with Gasteiger partial charge in [0.1, 0.15) is 6.04 Å². The Hall–Kier alpha value is -2.25. The molecule has 0 radical (unpaired) electrons. The van der Waals surface area contributed by atoms with Gasteiger partial charge in [-0.1, -0.05) is 12.1 Å². The quantitative estimate of drug-likeness (QED) is 0.745. The highest BCUT2D eigenvalue weighted by molar-refractivity contribution is 6.05. The molecule has 0 saturated carbocycles. The average molecular weight is 370 g/mol. The highest BCUT2D eigenvalue weighted by Crippen LogP contribution is 2.28. The summed E-state index contributed by atoms with van der Waals surface area (Å²) in [6.07, 6.45) is 2.83. The number of imide groups is 1. The molecular formula is C20H26N4O3. The minimum atomic E-state index is -0.546. The summed E-state index contributed by atoms with van der Waals surface area (Å²) >= 11 is 0. The Morgan fingerprint density at radius 3 is 2.85 bits per heavy atom. The molecule has 0 spiro atoms. The number of fused-ring (bicyclic) bond motifs is 1. The van der Waals surface area contributed by atoms with Crippen molar-refractivity contribution < 1.29 is 14.4 Å². The van der Waals surface area contributed by atoms with Gasteiger partial charge in [0.05, 0.1) is 0 Å². The van der Waals surface area contributed by atoms with E-state index in [4.69, 9.17) is 0 Å². The number of rotatable bonds is 4. The molecule has 2 saturated heterocycles. The van der Waals surface area contributed by atoms with Gasteiger partial charge in [-0.05, 0) is 49.5 Å². The zero-order valence-electron chi connectivity index (χ0n) is 15.5. The largest absolute Gasteiger partial charge is 0.322 e. The van der Waals surface area contributed by atoms with Crippen molar-refractivity contribution in [3.63, 3.8) is 0 Å². The molecule has 3 aliphatic heterocycles. The van der Waals surface area contributed by atoms with Crippen molar-refractivity contribution in [2.75, 3.05) is 32.7 Å². The van der Waals surface area contributed by atoms with Crippen molar-refractivity contribution in [2.24, 2.45) is 0 Å². The number of benzene rings is 1. The summed E-state index contributed by atoms with van der Waals surface area (Å²) in [5, 5.41) is 5.76. The number of piperidine rings is 1. The third-order valence-electron chi connectivity index (χ3n) is 5.74. The van der Waals surface area contributed by atoms with Crippen molar-refractivity contribution >= 4 is 17.7 Å². The van der Waals surface area contributed by atoms with Crippen LogP contribution in [0.3, 0.4) is 0 Å². The summed E-state index contributed by atoms with van der Waals surface area (Å²) in [6.45, 7) is 5.80. The minimum Gasteiger partial charge on any atom is -0.322 e. The molecule has 7 nitrogen and oxygen atoms in total. The Bertz CT molecular complexity index is 756. The number of carbonyl (C=O) groups is 3. The molecule has 4 rings (SSSR count). The lowest BCUT2D eigenvalue weighted by Gasteiger charge is -2.29. The molecule has 1 aromatic carbocycles. The lowest BCUT2D eigenvalue weighted by Crippen LogP contribution is -2.52. The molecule has 3 amide bonds. The number of hydrogen-bond acceptors (Lipinski definition) is 5. The van der Waals surface area contributed by atoms with Gasteiger partial charge in [-0.3, -0.25) is 19.7 Å². The van der Waals surface area contributed by atoms with Crippen LogP contribution in [-0.4, -0.2) is 66.3 Å². The van der Waals surface area contributed by atoms with Gasteiger partial charge in [0, 0.05) is 38.2 Å². The summed E-state index contributed by atoms with van der Waals surface area (Å²) < 4.78 is 0. The lowest BCUT2D eigenvalue weighted by atomic mass is 10.0. The minimum absolute atomic E-state index is 0.107. The van der Waals surface area contributed by atoms with Gasteiger partial charge in [-0.2, -0.15) is 0 Å². The molecule has 0 aromatic heterocycles. The van der Waals surface area contributed by atoms with E-state index in [1.807, 2.05) is 12.1 Å². The van der Waals surface area contributed by atoms with E-state index < -0.39 is 6.04 Å². The van der Waals surface area contributed by atoms with Gasteiger partial charge in [0.2, 0.25) is 11.8 Å². The van der Waals surface area contributed by atoms with Crippen LogP contribution < -0.4 is 10.6 Å². The number of nitrogens with one attached hydrogen (secondary N) is 2. The third kappa shape index (κ3) is 3.89. The number of hydrogen-bond donors (Lipinski definition) is 2. The molecule has 3 aliphatic rings. The fourth-order valence-corrected chi connectivity index (χ4v) is 4.20. The van der Waals surface area contributed by atoms with Gasteiger partial charge in [-0.25, -0.2) is 0 Å². The fourth-order valence-electron chi connectivity index (χ4n) is 4.20. The molecule has 1 atom stereocenters. The number of nitrogens with zero attached hydrogens (tertiary/aromatic N) is 2. The second-order valence-corrected chi connectivity index (χ2v) is 7.59. The Kier molecular flexibility index (Phi) is 5.22. The molecule has 3 heterocycles. The maximum absolute atomic E-state index is 12.7. The molecular weight excluding hydrogens is 344 g/mol. The van der Waals surface area contributed by atoms with Gasteiger partial charge in [0.25, 0.3) is 5.91 Å². The van der Waals surface area contributed by atoms with Crippen LogP contribution >= 0.6 is 0 Å². The molecule has 2 fully saturated rings. The fraction of sp³-hybridized carbons (Fsp3) is 0.550. The van der Waals surface area contributed by atoms with Gasteiger partial charge in [-0.15, -0.1) is 0 Å². The van der Waals surface area contributed by atoms with Crippen LogP contribution in [0.15, 0.2) is 18.2 Å². The van der Waals surface area contributed by atoms with Crippen LogP contribution in [0.25, 0.3) is 0 Å². The van der Waals surface area contributed by atoms with Gasteiger partial charge < -0.3 is 15.1 Å². The molecule has 0 aliphatic carbocycles. The van der Waals surface area contributed by atoms with Crippen molar-refractivity contribution in [2.45, 2.75) is 38.3 Å². The molecule has 144 valence electrons. The predicted molar refractivity (Wildman–Crippen MR) is 100 cm³/mol. The van der Waals surface area contributed by atoms with Crippen LogP contribution in [0.2, 0.25) is 0 Å². The smallest absolute Gasteiger partial charge is 0.255 e. The van der Waals surface area contributed by atoms with Crippen molar-refractivity contribution in [3.8, 4) is 0 Å². The van der Waals surface area contributed by atoms with Gasteiger partial charge >= 0.3 is 0 Å². The Morgan fingerprint density at radius 2 is 2.00 bits per heavy atom. The molecule has 0 bridgehead atoms. The first-order valence-electron chi connectivity index (χ1n) is 9.81. The predicted octanol–water partition coefficient (Wildman–Crippen LogP) is 0.285. The zero-order chi connectivity index (χ0) is 18.8. The van der Waals surface area contributed by atoms with Crippen molar-refractivity contribution in [1.82, 2.24) is 20.4 Å². The first-order chi connectivity index (χ1) is 13.1. The van der Waals surface area contributed by atoms with E-state index in [1.165, 1.54) is 12.0 Å². The second-order valence-electron chi connectivity index (χ2n) is 7.59. The Labute approximate surface area is 159 Å². The van der Waals surface area contributed by atoms with Crippen LogP contribution in [0.5, 0.6) is 0 Å². The van der Waals surface area contributed by atoms with E-state index in [2.05, 4.69) is 21.6 Å². The van der Waals surface area contributed by atoms with E-state index in [-0.39, 0.29) is 24.1 Å². The van der Waals surface area contributed by atoms with E-state index >= 15 is 0 Å². The van der Waals surface area contributed by atoms with Crippen LogP contribution in [-0.2, 0) is 22.6 Å². The van der Waals surface area contributed by atoms with E-state index in [9.17, 15) is 14.4 Å². The Balaban J connectivity index is 1.41. The first kappa shape index (κ1) is 18.1. The highest BCUT2D eigenvalue weighted by atomic mass is 16.2. The second kappa shape index (κ2) is 7.78. The van der Waals surface area contributed by atoms with Gasteiger partial charge in [0.15, 0.2) is 0 Å². The van der Waals surface area contributed by atoms with Crippen LogP contribution in [0.1, 0.15) is 40.7 Å². The number of carbonyl (C=O) groups excluding carboxylic acids is 3. The maximum Gasteiger partial charge on any atom is 0.255 e. The molecule has 7 heteroatoms. The third-order valence-corrected chi connectivity index (χ3v) is 5.74. The highest BCUT2D eigenvalue weighted by Gasteiger charge is 2.39. The summed E-state index contributed by atoms with van der Waals surface area (Å²) in [5.41, 5.74) is 2.89. The summed E-state index contributed by atoms with van der Waals surface area (Å²) in [5.74, 6) is -0.724. The molecule has 1 unspecified atom stereocenters. The van der Waals surface area contributed by atoms with E-state index in [0.29, 0.717) is 18.5 Å². The number of amides is 3. The van der Waals surface area contributed by atoms with Crippen molar-refractivity contribution in [1.29, 1.82) is 0 Å². The topological polar surface area (TPSA) is 81.8 Å². The standard InChI is InChI=1S/C20H26N4O3/c25-18-5-4-17(19(26)22-18)24-13-15-12-14(2-3-16(15)20(24)27)6-10-23-9-1-7-21-8-11-23/h2-3,12,17,21H,1,4-11,13H2,(H,22,25,26). The van der Waals surface area contributed by atoms with Crippen LogP contribution in [0.4, 0.5) is 0 Å². The molecule has 1 aromatic rings. The maximum atomic E-state index is 12.7. The summed E-state index contributed by atoms with van der Waals surface area (Å²) in [7, 11) is 0. The SMILES string of the molecule is O=C1CCC(N2Cc3cc(CCN4CCCNCC4)ccc3C2=O)C(=O)N1. The summed E-state index contributed by atoms with van der Waals surface area (Å²) in [4.78, 5) is 40.3. The molecule has 2 N–H and O–H groups in total. The lowest BCUT2D eigenvalue weighted by molar-refractivity contribution is -0.136. The Morgan fingerprint density at radius 1 is 1.11 bits per heavy atom. The average Bonchev–Trinajstić information content (AvgIpc) is 2.83. The molecule has 27 heavy (non-hydrogen) atoms. The van der Waals surface area contributed by atoms with Crippen molar-refractivity contribution in [3.05, 3.63) is 34.9 Å². The monoisotopic (exact) mass is 370 g/mol. The zero-order valence-corrected chi connectivity index (χ0v) is 15.5. The normalized spacial score (nSPS) is 23.9. The van der Waals surface area contributed by atoms with Crippen LogP contribution in [0, 0.1) is 0 Å². The first-order valence-corrected chi connectivity index (χ1v) is 9.81. The van der Waals surface area contributed by atoms with E-state index in [0.717, 1.165) is 44.7 Å². The van der Waals surface area contributed by atoms with E-state index in [1.54, 1.807) is 4.90 Å².